The molecule has 3 aromatic rings. The topological polar surface area (TPSA) is 43.8 Å². The second-order valence-corrected chi connectivity index (χ2v) is 5.44. The fourth-order valence-corrected chi connectivity index (χ4v) is 2.86. The van der Waals surface area contributed by atoms with E-state index in [1.54, 1.807) is 11.3 Å². The molecular weight excluding hydrogens is 254 g/mol. The molecule has 0 aliphatic rings. The van der Waals surface area contributed by atoms with E-state index in [4.69, 9.17) is 5.73 Å². The van der Waals surface area contributed by atoms with Crippen molar-refractivity contribution in [3.63, 3.8) is 0 Å². The number of benzene rings is 1. The molecule has 3 nitrogen and oxygen atoms in total. The highest BCUT2D eigenvalue weighted by atomic mass is 32.1. The van der Waals surface area contributed by atoms with E-state index in [9.17, 15) is 0 Å². The normalized spacial score (nSPS) is 10.8. The summed E-state index contributed by atoms with van der Waals surface area (Å²) in [5.74, 6) is 1.01. The van der Waals surface area contributed by atoms with Gasteiger partial charge in [-0.15, -0.1) is 11.3 Å². The molecule has 0 amide bonds. The first-order valence-corrected chi connectivity index (χ1v) is 7.02. The van der Waals surface area contributed by atoms with Crippen LogP contribution < -0.4 is 5.73 Å². The molecule has 2 heterocycles. The summed E-state index contributed by atoms with van der Waals surface area (Å²) < 4.78 is 2.16. The van der Waals surface area contributed by atoms with Crippen LogP contribution >= 0.6 is 11.3 Å². The summed E-state index contributed by atoms with van der Waals surface area (Å²) in [5, 5.41) is 2.07. The van der Waals surface area contributed by atoms with Crippen LogP contribution in [0.2, 0.25) is 0 Å². The van der Waals surface area contributed by atoms with Crippen LogP contribution in [0.3, 0.4) is 0 Å². The predicted molar refractivity (Wildman–Crippen MR) is 80.2 cm³/mol. The number of imidazole rings is 1. The Bertz CT molecular complexity index is 683. The van der Waals surface area contributed by atoms with Crippen LogP contribution in [0, 0.1) is 6.92 Å². The second kappa shape index (κ2) is 4.90. The number of nitrogen functional groups attached to an aromatic ring is 1. The molecule has 0 aliphatic carbocycles. The number of nitrogens with two attached hydrogens (primary N) is 1. The van der Waals surface area contributed by atoms with Crippen molar-refractivity contribution in [3.05, 3.63) is 59.2 Å². The highest BCUT2D eigenvalue weighted by Gasteiger charge is 2.09. The Hall–Kier alpha value is -2.07. The van der Waals surface area contributed by atoms with Crippen molar-refractivity contribution in [2.45, 2.75) is 13.5 Å². The molecular formula is C15H15N3S. The molecule has 0 spiro atoms. The monoisotopic (exact) mass is 269 g/mol. The third-order valence-electron chi connectivity index (χ3n) is 3.29. The van der Waals surface area contributed by atoms with Crippen LogP contribution in [0.1, 0.15) is 11.1 Å². The molecule has 96 valence electrons. The van der Waals surface area contributed by atoms with Crippen LogP contribution in [0.15, 0.2) is 48.1 Å². The molecule has 0 saturated carbocycles. The third kappa shape index (κ3) is 2.27. The number of hydrogen-bond acceptors (Lipinski definition) is 3. The Balaban J connectivity index is 1.97. The Labute approximate surface area is 116 Å². The molecule has 0 bridgehead atoms. The first-order valence-electron chi connectivity index (χ1n) is 6.14. The quantitative estimate of drug-likeness (QED) is 0.739. The summed E-state index contributed by atoms with van der Waals surface area (Å²) in [6.07, 6.45) is 3.86. The van der Waals surface area contributed by atoms with E-state index in [0.29, 0.717) is 0 Å². The lowest BCUT2D eigenvalue weighted by Gasteiger charge is -2.11. The summed E-state index contributed by atoms with van der Waals surface area (Å²) in [4.78, 5) is 5.64. The van der Waals surface area contributed by atoms with Gasteiger partial charge in [0.15, 0.2) is 0 Å². The fraction of sp³-hybridized carbons (Fsp3) is 0.133. The van der Waals surface area contributed by atoms with Gasteiger partial charge < -0.3 is 10.3 Å². The molecule has 4 heteroatoms. The Morgan fingerprint density at radius 1 is 1.26 bits per heavy atom. The van der Waals surface area contributed by atoms with Gasteiger partial charge in [0.05, 0.1) is 4.88 Å². The van der Waals surface area contributed by atoms with Gasteiger partial charge in [-0.1, -0.05) is 18.2 Å². The lowest BCUT2D eigenvalue weighted by molar-refractivity contribution is 0.804. The van der Waals surface area contributed by atoms with Gasteiger partial charge in [-0.2, -0.15) is 0 Å². The Kier molecular flexibility index (Phi) is 3.09. The van der Waals surface area contributed by atoms with Gasteiger partial charge >= 0.3 is 0 Å². The van der Waals surface area contributed by atoms with E-state index in [2.05, 4.69) is 34.0 Å². The predicted octanol–water partition coefficient (Wildman–Crippen LogP) is 3.55. The number of anilines is 1. The number of hydrogen-bond donors (Lipinski definition) is 1. The SMILES string of the molecule is Cc1c(N)cccc1Cn1ccnc1-c1cccs1. The van der Waals surface area contributed by atoms with Crippen molar-refractivity contribution in [3.8, 4) is 10.7 Å². The number of thiophene rings is 1. The standard InChI is InChI=1S/C15H15N3S/c1-11-12(4-2-5-13(11)16)10-18-8-7-17-15(18)14-6-3-9-19-14/h2-9H,10,16H2,1H3. The fourth-order valence-electron chi connectivity index (χ4n) is 2.13. The number of nitrogens with zero attached hydrogens (tertiary/aromatic N) is 2. The van der Waals surface area contributed by atoms with E-state index >= 15 is 0 Å². The highest BCUT2D eigenvalue weighted by molar-refractivity contribution is 7.13. The van der Waals surface area contributed by atoms with Crippen molar-refractivity contribution < 1.29 is 0 Å². The molecule has 2 N–H and O–H groups in total. The molecule has 0 aliphatic heterocycles. The molecule has 1 aromatic carbocycles. The van der Waals surface area contributed by atoms with E-state index < -0.39 is 0 Å². The maximum absolute atomic E-state index is 5.96. The van der Waals surface area contributed by atoms with Crippen molar-refractivity contribution >= 4 is 17.0 Å². The zero-order valence-corrected chi connectivity index (χ0v) is 11.5. The summed E-state index contributed by atoms with van der Waals surface area (Å²) >= 11 is 1.70. The van der Waals surface area contributed by atoms with Gasteiger partial charge in [-0.25, -0.2) is 4.98 Å². The van der Waals surface area contributed by atoms with E-state index in [1.165, 1.54) is 10.4 Å². The Morgan fingerprint density at radius 2 is 2.16 bits per heavy atom. The molecule has 19 heavy (non-hydrogen) atoms. The maximum atomic E-state index is 5.96. The molecule has 0 saturated heterocycles. The van der Waals surface area contributed by atoms with Gasteiger partial charge in [-0.3, -0.25) is 0 Å². The minimum absolute atomic E-state index is 0.796. The molecule has 0 fully saturated rings. The lowest BCUT2D eigenvalue weighted by atomic mass is 10.1. The van der Waals surface area contributed by atoms with Crippen molar-refractivity contribution in [1.82, 2.24) is 9.55 Å². The molecule has 3 rings (SSSR count). The molecule has 0 unspecified atom stereocenters. The van der Waals surface area contributed by atoms with Crippen molar-refractivity contribution in [1.29, 1.82) is 0 Å². The van der Waals surface area contributed by atoms with Crippen LogP contribution in [-0.4, -0.2) is 9.55 Å². The zero-order valence-electron chi connectivity index (χ0n) is 10.7. The van der Waals surface area contributed by atoms with E-state index in [0.717, 1.165) is 23.6 Å². The Morgan fingerprint density at radius 3 is 2.95 bits per heavy atom. The molecule has 0 atom stereocenters. The largest absolute Gasteiger partial charge is 0.399 e. The van der Waals surface area contributed by atoms with Crippen LogP contribution in [0.25, 0.3) is 10.7 Å². The number of rotatable bonds is 3. The van der Waals surface area contributed by atoms with Gasteiger partial charge in [0.1, 0.15) is 5.82 Å². The van der Waals surface area contributed by atoms with Gasteiger partial charge in [-0.05, 0) is 35.6 Å². The van der Waals surface area contributed by atoms with Gasteiger partial charge in [0.25, 0.3) is 0 Å². The van der Waals surface area contributed by atoms with Crippen molar-refractivity contribution in [2.75, 3.05) is 5.73 Å². The minimum atomic E-state index is 0.796. The maximum Gasteiger partial charge on any atom is 0.150 e. The van der Waals surface area contributed by atoms with E-state index in [-0.39, 0.29) is 0 Å². The average Bonchev–Trinajstić information content (AvgIpc) is 3.05. The third-order valence-corrected chi connectivity index (χ3v) is 4.15. The van der Waals surface area contributed by atoms with Crippen LogP contribution in [0.4, 0.5) is 5.69 Å². The molecule has 0 radical (unpaired) electrons. The second-order valence-electron chi connectivity index (χ2n) is 4.49. The smallest absolute Gasteiger partial charge is 0.150 e. The number of aromatic nitrogens is 2. The molecule has 2 aromatic heterocycles. The zero-order chi connectivity index (χ0) is 13.2. The average molecular weight is 269 g/mol. The summed E-state index contributed by atoms with van der Waals surface area (Å²) in [7, 11) is 0. The highest BCUT2D eigenvalue weighted by Crippen LogP contribution is 2.24. The first-order chi connectivity index (χ1) is 9.25. The minimum Gasteiger partial charge on any atom is -0.399 e. The first kappa shape index (κ1) is 12.0. The van der Waals surface area contributed by atoms with E-state index in [1.807, 2.05) is 30.6 Å². The van der Waals surface area contributed by atoms with Gasteiger partial charge in [0, 0.05) is 24.6 Å². The van der Waals surface area contributed by atoms with Crippen LogP contribution in [0.5, 0.6) is 0 Å². The van der Waals surface area contributed by atoms with Crippen LogP contribution in [-0.2, 0) is 6.54 Å². The summed E-state index contributed by atoms with van der Waals surface area (Å²) in [6, 6.07) is 10.2. The summed E-state index contributed by atoms with van der Waals surface area (Å²) in [6.45, 7) is 2.86. The van der Waals surface area contributed by atoms with Crippen molar-refractivity contribution in [2.24, 2.45) is 0 Å². The summed E-state index contributed by atoms with van der Waals surface area (Å²) in [5.41, 5.74) is 9.18. The van der Waals surface area contributed by atoms with Gasteiger partial charge in [0.2, 0.25) is 0 Å². The lowest BCUT2D eigenvalue weighted by Crippen LogP contribution is -2.03.